The van der Waals surface area contributed by atoms with E-state index in [0.29, 0.717) is 17.9 Å². The van der Waals surface area contributed by atoms with Crippen LogP contribution in [0.15, 0.2) is 48.5 Å². The molecule has 2 rings (SSSR count). The van der Waals surface area contributed by atoms with Gasteiger partial charge in [-0.1, -0.05) is 62.6 Å². The Morgan fingerprint density at radius 2 is 1.77 bits per heavy atom. The molecule has 0 aliphatic carbocycles. The lowest BCUT2D eigenvalue weighted by Crippen LogP contribution is -2.04. The molecule has 0 fully saturated rings. The zero-order chi connectivity index (χ0) is 15.8. The predicted octanol–water partition coefficient (Wildman–Crippen LogP) is 5.01. The normalized spacial score (nSPS) is 10.4. The first-order valence-electron chi connectivity index (χ1n) is 7.78. The number of carboxylic acid groups (broad SMARTS) is 1. The second kappa shape index (κ2) is 8.23. The van der Waals surface area contributed by atoms with Gasteiger partial charge < -0.3 is 9.84 Å². The number of carboxylic acids is 1. The fourth-order valence-electron chi connectivity index (χ4n) is 2.44. The molecule has 3 nitrogen and oxygen atoms in total. The summed E-state index contributed by atoms with van der Waals surface area (Å²) in [6.07, 6.45) is 4.50. The Morgan fingerprint density at radius 1 is 1.00 bits per heavy atom. The molecule has 0 atom stereocenters. The van der Waals surface area contributed by atoms with Crippen LogP contribution in [-0.4, -0.2) is 17.7 Å². The molecule has 0 unspecified atom stereocenters. The molecular weight excluding hydrogens is 276 g/mol. The van der Waals surface area contributed by atoms with Gasteiger partial charge in [0.1, 0.15) is 5.75 Å². The van der Waals surface area contributed by atoms with Gasteiger partial charge in [0, 0.05) is 5.56 Å². The van der Waals surface area contributed by atoms with Crippen molar-refractivity contribution in [2.45, 2.75) is 32.6 Å². The third-order valence-electron chi connectivity index (χ3n) is 3.57. The molecule has 0 saturated carbocycles. The maximum Gasteiger partial charge on any atom is 0.336 e. The van der Waals surface area contributed by atoms with Crippen LogP contribution in [0.3, 0.4) is 0 Å². The van der Waals surface area contributed by atoms with Gasteiger partial charge >= 0.3 is 5.97 Å². The summed E-state index contributed by atoms with van der Waals surface area (Å²) < 4.78 is 5.87. The summed E-state index contributed by atoms with van der Waals surface area (Å²) in [5, 5.41) is 9.44. The van der Waals surface area contributed by atoms with E-state index in [1.54, 1.807) is 12.1 Å². The van der Waals surface area contributed by atoms with Crippen molar-refractivity contribution < 1.29 is 14.6 Å². The van der Waals surface area contributed by atoms with Crippen LogP contribution < -0.4 is 4.74 Å². The molecule has 0 heterocycles. The van der Waals surface area contributed by atoms with Crippen LogP contribution in [-0.2, 0) is 0 Å². The lowest BCUT2D eigenvalue weighted by atomic mass is 9.98. The highest BCUT2D eigenvalue weighted by Crippen LogP contribution is 2.33. The van der Waals surface area contributed by atoms with Crippen LogP contribution in [0.4, 0.5) is 0 Å². The van der Waals surface area contributed by atoms with Gasteiger partial charge in [-0.15, -0.1) is 0 Å². The van der Waals surface area contributed by atoms with Gasteiger partial charge in [-0.25, -0.2) is 4.79 Å². The number of rotatable bonds is 8. The maximum atomic E-state index is 11.5. The Balaban J connectivity index is 2.25. The number of benzene rings is 2. The molecule has 22 heavy (non-hydrogen) atoms. The highest BCUT2D eigenvalue weighted by Gasteiger charge is 2.16. The Hall–Kier alpha value is -2.29. The Morgan fingerprint density at radius 3 is 2.45 bits per heavy atom. The lowest BCUT2D eigenvalue weighted by Gasteiger charge is -2.14. The monoisotopic (exact) mass is 298 g/mol. The van der Waals surface area contributed by atoms with E-state index in [4.69, 9.17) is 4.74 Å². The molecule has 0 radical (unpaired) electrons. The molecule has 0 aliphatic rings. The van der Waals surface area contributed by atoms with E-state index >= 15 is 0 Å². The van der Waals surface area contributed by atoms with E-state index in [9.17, 15) is 9.90 Å². The molecule has 0 saturated heterocycles. The summed E-state index contributed by atoms with van der Waals surface area (Å²) in [5.41, 5.74) is 1.80. The van der Waals surface area contributed by atoms with Crippen LogP contribution in [0.5, 0.6) is 5.75 Å². The number of ether oxygens (including phenoxy) is 1. The summed E-state index contributed by atoms with van der Waals surface area (Å²) in [6, 6.07) is 14.7. The molecule has 0 aromatic heterocycles. The molecule has 0 bridgehead atoms. The fraction of sp³-hybridized carbons (Fsp3) is 0.316. The van der Waals surface area contributed by atoms with Crippen molar-refractivity contribution in [1.82, 2.24) is 0 Å². The van der Waals surface area contributed by atoms with E-state index in [0.717, 1.165) is 18.4 Å². The average molecular weight is 298 g/mol. The molecule has 1 N–H and O–H groups in total. The van der Waals surface area contributed by atoms with Gasteiger partial charge in [-0.3, -0.25) is 0 Å². The van der Waals surface area contributed by atoms with Gasteiger partial charge in [0.15, 0.2) is 0 Å². The molecule has 0 spiro atoms. The van der Waals surface area contributed by atoms with Crippen molar-refractivity contribution in [2.24, 2.45) is 0 Å². The summed E-state index contributed by atoms with van der Waals surface area (Å²) in [5.74, 6) is -0.294. The Kier molecular flexibility index (Phi) is 6.01. The fourth-order valence-corrected chi connectivity index (χ4v) is 2.44. The minimum absolute atomic E-state index is 0.275. The highest BCUT2D eigenvalue weighted by molar-refractivity contribution is 5.98. The van der Waals surface area contributed by atoms with Crippen LogP contribution in [0.2, 0.25) is 0 Å². The van der Waals surface area contributed by atoms with Crippen LogP contribution in [0.25, 0.3) is 11.1 Å². The smallest absolute Gasteiger partial charge is 0.336 e. The van der Waals surface area contributed by atoms with Gasteiger partial charge in [-0.05, 0) is 24.1 Å². The molecule has 0 amide bonds. The predicted molar refractivity (Wildman–Crippen MR) is 88.5 cm³/mol. The van der Waals surface area contributed by atoms with E-state index in [1.165, 1.54) is 12.8 Å². The minimum Gasteiger partial charge on any atom is -0.493 e. The number of carbonyl (C=O) groups is 1. The summed E-state index contributed by atoms with van der Waals surface area (Å²) in [6.45, 7) is 2.79. The highest BCUT2D eigenvalue weighted by atomic mass is 16.5. The van der Waals surface area contributed by atoms with Crippen molar-refractivity contribution in [1.29, 1.82) is 0 Å². The topological polar surface area (TPSA) is 46.5 Å². The lowest BCUT2D eigenvalue weighted by molar-refractivity contribution is 0.0697. The molecular formula is C19H22O3. The first-order chi connectivity index (χ1) is 10.7. The van der Waals surface area contributed by atoms with Gasteiger partial charge in [0.25, 0.3) is 0 Å². The largest absolute Gasteiger partial charge is 0.493 e. The third-order valence-corrected chi connectivity index (χ3v) is 3.57. The summed E-state index contributed by atoms with van der Waals surface area (Å²) in [7, 11) is 0. The quantitative estimate of drug-likeness (QED) is 0.697. The van der Waals surface area contributed by atoms with Crippen molar-refractivity contribution in [2.75, 3.05) is 6.61 Å². The van der Waals surface area contributed by atoms with Crippen molar-refractivity contribution in [3.8, 4) is 16.9 Å². The second-order valence-electron chi connectivity index (χ2n) is 5.26. The second-order valence-corrected chi connectivity index (χ2v) is 5.26. The average Bonchev–Trinajstić information content (AvgIpc) is 2.55. The first-order valence-corrected chi connectivity index (χ1v) is 7.78. The zero-order valence-electron chi connectivity index (χ0n) is 12.9. The van der Waals surface area contributed by atoms with E-state index in [-0.39, 0.29) is 5.56 Å². The SMILES string of the molecule is CCCCCCOc1cccc(C(=O)O)c1-c1ccccc1. The van der Waals surface area contributed by atoms with Crippen LogP contribution in [0.1, 0.15) is 43.0 Å². The van der Waals surface area contributed by atoms with Crippen molar-refractivity contribution in [3.63, 3.8) is 0 Å². The van der Waals surface area contributed by atoms with Gasteiger partial charge in [0.05, 0.1) is 12.2 Å². The zero-order valence-corrected chi connectivity index (χ0v) is 12.9. The number of hydrogen-bond acceptors (Lipinski definition) is 2. The molecule has 0 aliphatic heterocycles. The van der Waals surface area contributed by atoms with Crippen molar-refractivity contribution in [3.05, 3.63) is 54.1 Å². The summed E-state index contributed by atoms with van der Waals surface area (Å²) in [4.78, 5) is 11.5. The number of hydrogen-bond donors (Lipinski definition) is 1. The van der Waals surface area contributed by atoms with Gasteiger partial charge in [0.2, 0.25) is 0 Å². The maximum absolute atomic E-state index is 11.5. The van der Waals surface area contributed by atoms with E-state index in [1.807, 2.05) is 36.4 Å². The van der Waals surface area contributed by atoms with Crippen LogP contribution >= 0.6 is 0 Å². The molecule has 2 aromatic carbocycles. The summed E-state index contributed by atoms with van der Waals surface area (Å²) >= 11 is 0. The van der Waals surface area contributed by atoms with E-state index < -0.39 is 5.97 Å². The van der Waals surface area contributed by atoms with E-state index in [2.05, 4.69) is 6.92 Å². The van der Waals surface area contributed by atoms with Crippen molar-refractivity contribution >= 4 is 5.97 Å². The number of unbranched alkanes of at least 4 members (excludes halogenated alkanes) is 3. The number of aromatic carboxylic acids is 1. The standard InChI is InChI=1S/C19H22O3/c1-2-3-4-8-14-22-17-13-9-12-16(19(20)21)18(17)15-10-6-5-7-11-15/h5-7,9-13H,2-4,8,14H2,1H3,(H,20,21). The first kappa shape index (κ1) is 16.1. The Bertz CT molecular complexity index is 605. The van der Waals surface area contributed by atoms with Crippen LogP contribution in [0, 0.1) is 0 Å². The molecule has 3 heteroatoms. The minimum atomic E-state index is -0.935. The molecule has 2 aromatic rings. The molecule has 116 valence electrons. The van der Waals surface area contributed by atoms with Gasteiger partial charge in [-0.2, -0.15) is 0 Å². The Labute approximate surface area is 131 Å². The third kappa shape index (κ3) is 4.10.